The van der Waals surface area contributed by atoms with Crippen molar-refractivity contribution in [2.45, 2.75) is 0 Å². The number of nitrogens with zero attached hydrogens (tertiary/aromatic N) is 1. The van der Waals surface area contributed by atoms with E-state index in [2.05, 4.69) is 9.64 Å². The van der Waals surface area contributed by atoms with Crippen LogP contribution in [-0.2, 0) is 4.65 Å². The van der Waals surface area contributed by atoms with Gasteiger partial charge in [-0.1, -0.05) is 6.07 Å². The Morgan fingerprint density at radius 2 is 2.17 bits per heavy atom. The van der Waals surface area contributed by atoms with E-state index in [0.29, 0.717) is 0 Å². The molecule has 0 fully saturated rings. The summed E-state index contributed by atoms with van der Waals surface area (Å²) in [5, 5.41) is 8.98. The molecule has 12 heavy (non-hydrogen) atoms. The number of aromatic nitrogens is 1. The highest BCUT2D eigenvalue weighted by Crippen LogP contribution is 1.94. The topological polar surface area (TPSA) is 42.4 Å². The lowest BCUT2D eigenvalue weighted by molar-refractivity contribution is 0.339. The van der Waals surface area contributed by atoms with Gasteiger partial charge in [0.1, 0.15) is 0 Å². The first-order valence-corrected chi connectivity index (χ1v) is 3.18. The van der Waals surface area contributed by atoms with Crippen molar-refractivity contribution in [2.24, 2.45) is 0 Å². The van der Waals surface area contributed by atoms with E-state index in [0.717, 1.165) is 12.1 Å². The average molecular weight is 173 g/mol. The molecule has 0 spiro atoms. The lowest BCUT2D eigenvalue weighted by Crippen LogP contribution is -2.35. The van der Waals surface area contributed by atoms with Crippen LogP contribution in [0.3, 0.4) is 0 Å². The van der Waals surface area contributed by atoms with Gasteiger partial charge >= 0.3 is 7.12 Å². The highest BCUT2D eigenvalue weighted by molar-refractivity contribution is 6.59. The van der Waals surface area contributed by atoms with Crippen LogP contribution in [0.2, 0.25) is 0 Å². The molecule has 0 unspecified atom stereocenters. The third kappa shape index (κ3) is 1.78. The predicted molar refractivity (Wildman–Crippen MR) is 38.8 cm³/mol. The Morgan fingerprint density at radius 3 is 2.67 bits per heavy atom. The first-order chi connectivity index (χ1) is 5.65. The molecular formula is C6H6BF2NO2. The normalized spacial score (nSPS) is 10.0. The largest absolute Gasteiger partial charge is 0.495 e. The molecule has 0 bridgehead atoms. The van der Waals surface area contributed by atoms with Crippen molar-refractivity contribution in [1.82, 2.24) is 4.98 Å². The summed E-state index contributed by atoms with van der Waals surface area (Å²) in [7, 11) is -0.203. The first-order valence-electron chi connectivity index (χ1n) is 3.18. The van der Waals surface area contributed by atoms with Gasteiger partial charge in [0, 0.05) is 12.6 Å². The fourth-order valence-electron chi connectivity index (χ4n) is 0.734. The molecule has 0 aliphatic carbocycles. The summed E-state index contributed by atoms with van der Waals surface area (Å²) < 4.78 is 29.3. The third-order valence-corrected chi connectivity index (χ3v) is 1.33. The maximum absolute atomic E-state index is 12.7. The van der Waals surface area contributed by atoms with Gasteiger partial charge < -0.3 is 9.68 Å². The van der Waals surface area contributed by atoms with E-state index in [1.807, 2.05) is 0 Å². The molecule has 0 atom stereocenters. The summed E-state index contributed by atoms with van der Waals surface area (Å²) in [6.45, 7) is 0. The standard InChI is InChI=1S/C6H6BF2NO2/c1-12-7(11)4-2-3-5(8)10-6(4)9/h2-3,11H,1H3. The summed E-state index contributed by atoms with van der Waals surface area (Å²) in [6, 6.07) is 2.02. The van der Waals surface area contributed by atoms with Gasteiger partial charge in [-0.05, 0) is 6.07 Å². The zero-order valence-electron chi connectivity index (χ0n) is 6.29. The monoisotopic (exact) mass is 173 g/mol. The lowest BCUT2D eigenvalue weighted by atomic mass is 9.81. The Balaban J connectivity index is 3.01. The highest BCUT2D eigenvalue weighted by Gasteiger charge is 2.20. The van der Waals surface area contributed by atoms with Gasteiger partial charge in [-0.15, -0.1) is 0 Å². The quantitative estimate of drug-likeness (QED) is 0.492. The van der Waals surface area contributed by atoms with E-state index < -0.39 is 19.0 Å². The van der Waals surface area contributed by atoms with Crippen molar-refractivity contribution in [1.29, 1.82) is 0 Å². The molecule has 3 nitrogen and oxygen atoms in total. The summed E-state index contributed by atoms with van der Waals surface area (Å²) in [4.78, 5) is 2.87. The van der Waals surface area contributed by atoms with E-state index in [-0.39, 0.29) is 5.46 Å². The van der Waals surface area contributed by atoms with Crippen LogP contribution in [0.4, 0.5) is 8.78 Å². The highest BCUT2D eigenvalue weighted by atomic mass is 19.1. The number of pyridine rings is 1. The molecule has 6 heteroatoms. The van der Waals surface area contributed by atoms with Crippen molar-refractivity contribution in [3.63, 3.8) is 0 Å². The molecule has 1 heterocycles. The Bertz CT molecular complexity index is 284. The van der Waals surface area contributed by atoms with Crippen LogP contribution in [0.5, 0.6) is 0 Å². The molecule has 0 aromatic carbocycles. The predicted octanol–water partition coefficient (Wildman–Crippen LogP) is -0.306. The molecule has 0 aliphatic rings. The van der Waals surface area contributed by atoms with E-state index in [1.54, 1.807) is 0 Å². The van der Waals surface area contributed by atoms with Crippen molar-refractivity contribution < 1.29 is 18.5 Å². The molecule has 0 aliphatic heterocycles. The van der Waals surface area contributed by atoms with Crippen molar-refractivity contribution >= 4 is 12.6 Å². The van der Waals surface area contributed by atoms with Crippen molar-refractivity contribution in [3.05, 3.63) is 24.0 Å². The molecule has 0 radical (unpaired) electrons. The minimum absolute atomic E-state index is 0.182. The maximum atomic E-state index is 12.7. The second-order valence-electron chi connectivity index (χ2n) is 2.10. The zero-order valence-corrected chi connectivity index (χ0v) is 6.29. The van der Waals surface area contributed by atoms with E-state index >= 15 is 0 Å². The Morgan fingerprint density at radius 1 is 1.50 bits per heavy atom. The van der Waals surface area contributed by atoms with Gasteiger partial charge in [0.25, 0.3) is 0 Å². The SMILES string of the molecule is COB(O)c1ccc(F)nc1F. The number of hydrogen-bond donors (Lipinski definition) is 1. The number of rotatable bonds is 2. The van der Waals surface area contributed by atoms with E-state index in [4.69, 9.17) is 5.02 Å². The zero-order chi connectivity index (χ0) is 9.14. The summed E-state index contributed by atoms with van der Waals surface area (Å²) >= 11 is 0. The van der Waals surface area contributed by atoms with Gasteiger partial charge in [0.15, 0.2) is 0 Å². The van der Waals surface area contributed by atoms with Gasteiger partial charge in [-0.25, -0.2) is 0 Å². The average Bonchev–Trinajstić information content (AvgIpc) is 2.03. The van der Waals surface area contributed by atoms with Crippen LogP contribution in [0.25, 0.3) is 0 Å². The summed E-state index contributed by atoms with van der Waals surface area (Å²) in [5.74, 6) is -2.00. The number of halogens is 2. The second kappa shape index (κ2) is 3.60. The molecule has 1 rings (SSSR count). The van der Waals surface area contributed by atoms with Crippen LogP contribution < -0.4 is 5.46 Å². The Labute approximate surface area is 68.1 Å². The molecule has 1 aromatic rings. The molecule has 64 valence electrons. The first kappa shape index (κ1) is 9.09. The fraction of sp³-hybridized carbons (Fsp3) is 0.167. The molecule has 1 aromatic heterocycles. The van der Waals surface area contributed by atoms with Gasteiger partial charge in [0.2, 0.25) is 11.9 Å². The molecular weight excluding hydrogens is 167 g/mol. The molecule has 0 amide bonds. The second-order valence-corrected chi connectivity index (χ2v) is 2.10. The van der Waals surface area contributed by atoms with E-state index in [9.17, 15) is 8.78 Å². The van der Waals surface area contributed by atoms with Gasteiger partial charge in [-0.3, -0.25) is 0 Å². The molecule has 1 N–H and O–H groups in total. The Kier molecular flexibility index (Phi) is 2.72. The van der Waals surface area contributed by atoms with Crippen LogP contribution >= 0.6 is 0 Å². The summed E-state index contributed by atoms with van der Waals surface area (Å²) in [5.41, 5.74) is -0.182. The van der Waals surface area contributed by atoms with Gasteiger partial charge in [-0.2, -0.15) is 13.8 Å². The number of hydrogen-bond acceptors (Lipinski definition) is 3. The minimum Gasteiger partial charge on any atom is -0.423 e. The van der Waals surface area contributed by atoms with Crippen LogP contribution in [0.15, 0.2) is 12.1 Å². The maximum Gasteiger partial charge on any atom is 0.495 e. The van der Waals surface area contributed by atoms with Crippen molar-refractivity contribution in [3.8, 4) is 0 Å². The van der Waals surface area contributed by atoms with Crippen LogP contribution in [0.1, 0.15) is 0 Å². The van der Waals surface area contributed by atoms with Crippen LogP contribution in [-0.4, -0.2) is 24.2 Å². The lowest BCUT2D eigenvalue weighted by Gasteiger charge is -2.03. The van der Waals surface area contributed by atoms with Crippen LogP contribution in [0, 0.1) is 11.9 Å². The third-order valence-electron chi connectivity index (χ3n) is 1.33. The van der Waals surface area contributed by atoms with Gasteiger partial charge in [0.05, 0.1) is 0 Å². The Hall–Kier alpha value is -1.01. The minimum atomic E-state index is -1.40. The summed E-state index contributed by atoms with van der Waals surface area (Å²) in [6.07, 6.45) is 0. The molecule has 0 saturated heterocycles. The molecule has 0 saturated carbocycles. The fourth-order valence-corrected chi connectivity index (χ4v) is 0.734. The van der Waals surface area contributed by atoms with Crippen molar-refractivity contribution in [2.75, 3.05) is 7.11 Å². The smallest absolute Gasteiger partial charge is 0.423 e. The van der Waals surface area contributed by atoms with E-state index in [1.165, 1.54) is 7.11 Å².